The van der Waals surface area contributed by atoms with Gasteiger partial charge in [0, 0.05) is 7.05 Å². The van der Waals surface area contributed by atoms with Gasteiger partial charge in [0.15, 0.2) is 0 Å². The number of hydrogen-bond acceptors (Lipinski definition) is 4. The minimum Gasteiger partial charge on any atom is -0.323 e. The van der Waals surface area contributed by atoms with Crippen LogP contribution >= 0.6 is 0 Å². The van der Waals surface area contributed by atoms with Crippen LogP contribution in [-0.2, 0) is 14.8 Å². The first-order valence-corrected chi connectivity index (χ1v) is 9.37. The Labute approximate surface area is 145 Å². The second kappa shape index (κ2) is 6.21. The Kier molecular flexibility index (Phi) is 4.22. The minimum absolute atomic E-state index is 0.132. The van der Waals surface area contributed by atoms with Crippen molar-refractivity contribution in [2.45, 2.75) is 0 Å². The molecule has 1 N–H and O–H groups in total. The second-order valence-electron chi connectivity index (χ2n) is 5.70. The molecule has 1 aliphatic rings. The van der Waals surface area contributed by atoms with E-state index in [1.807, 2.05) is 0 Å². The molecule has 0 fully saturated rings. The van der Waals surface area contributed by atoms with E-state index in [2.05, 4.69) is 5.32 Å². The molecule has 0 unspecified atom stereocenters. The van der Waals surface area contributed by atoms with Gasteiger partial charge in [-0.1, -0.05) is 24.3 Å². The summed E-state index contributed by atoms with van der Waals surface area (Å²) in [6.45, 7) is -0.132. The molecular weight excluding hydrogens is 342 g/mol. The summed E-state index contributed by atoms with van der Waals surface area (Å²) in [6.07, 6.45) is 1.07. The zero-order chi connectivity index (χ0) is 18.2. The van der Waals surface area contributed by atoms with Crippen LogP contribution in [0.25, 0.3) is 0 Å². The highest BCUT2D eigenvalue weighted by atomic mass is 32.2. The van der Waals surface area contributed by atoms with E-state index in [1.54, 1.807) is 48.5 Å². The van der Waals surface area contributed by atoms with Gasteiger partial charge in [0.2, 0.25) is 15.9 Å². The standard InChI is InChI=1S/C17H17N3O4S/c1-19(25(2,23)24)14-9-5-3-7-12(14)17(22)20-11-16(21)18-13-8-4-6-10-15(13)20/h3-10H,11H2,1-2H3,(H,18,21). The van der Waals surface area contributed by atoms with Gasteiger partial charge >= 0.3 is 0 Å². The van der Waals surface area contributed by atoms with Gasteiger partial charge in [0.05, 0.1) is 28.9 Å². The lowest BCUT2D eigenvalue weighted by Gasteiger charge is -2.30. The number of hydrogen-bond donors (Lipinski definition) is 1. The molecule has 25 heavy (non-hydrogen) atoms. The Morgan fingerprint density at radius 1 is 1.12 bits per heavy atom. The molecule has 0 atom stereocenters. The van der Waals surface area contributed by atoms with Gasteiger partial charge in [0.1, 0.15) is 6.54 Å². The smallest absolute Gasteiger partial charge is 0.260 e. The molecule has 1 heterocycles. The van der Waals surface area contributed by atoms with Gasteiger partial charge < -0.3 is 5.32 Å². The van der Waals surface area contributed by atoms with Crippen molar-refractivity contribution in [1.82, 2.24) is 0 Å². The molecule has 8 heteroatoms. The Balaban J connectivity index is 2.07. The average Bonchev–Trinajstić information content (AvgIpc) is 2.59. The van der Waals surface area contributed by atoms with Crippen LogP contribution in [0.1, 0.15) is 10.4 Å². The molecule has 2 amide bonds. The molecule has 0 radical (unpaired) electrons. The fourth-order valence-corrected chi connectivity index (χ4v) is 3.18. The summed E-state index contributed by atoms with van der Waals surface area (Å²) >= 11 is 0. The molecule has 3 rings (SSSR count). The van der Waals surface area contributed by atoms with E-state index >= 15 is 0 Å². The number of amides is 2. The third kappa shape index (κ3) is 3.20. The topological polar surface area (TPSA) is 86.8 Å². The summed E-state index contributed by atoms with van der Waals surface area (Å²) in [5.41, 5.74) is 1.59. The van der Waals surface area contributed by atoms with Crippen LogP contribution in [0.3, 0.4) is 0 Å². The van der Waals surface area contributed by atoms with E-state index in [0.717, 1.165) is 10.6 Å². The number of nitrogens with one attached hydrogen (secondary N) is 1. The van der Waals surface area contributed by atoms with E-state index in [4.69, 9.17) is 0 Å². The lowest BCUT2D eigenvalue weighted by Crippen LogP contribution is -2.42. The van der Waals surface area contributed by atoms with Gasteiger partial charge in [-0.05, 0) is 24.3 Å². The maximum atomic E-state index is 13.1. The van der Waals surface area contributed by atoms with Gasteiger partial charge in [-0.15, -0.1) is 0 Å². The molecule has 2 aromatic rings. The normalized spacial score (nSPS) is 13.8. The molecular formula is C17H17N3O4S. The van der Waals surface area contributed by atoms with Crippen LogP contribution in [0, 0.1) is 0 Å². The number of benzene rings is 2. The Morgan fingerprint density at radius 3 is 2.48 bits per heavy atom. The van der Waals surface area contributed by atoms with Crippen molar-refractivity contribution in [3.8, 4) is 0 Å². The first-order chi connectivity index (χ1) is 11.8. The molecule has 0 spiro atoms. The summed E-state index contributed by atoms with van der Waals surface area (Å²) < 4.78 is 24.8. The summed E-state index contributed by atoms with van der Waals surface area (Å²) in [6, 6.07) is 13.4. The van der Waals surface area contributed by atoms with E-state index in [9.17, 15) is 18.0 Å². The quantitative estimate of drug-likeness (QED) is 0.903. The molecule has 130 valence electrons. The Hall–Kier alpha value is -2.87. The molecule has 0 saturated heterocycles. The molecule has 0 saturated carbocycles. The third-order valence-electron chi connectivity index (χ3n) is 3.99. The van der Waals surface area contributed by atoms with Crippen LogP contribution in [0.2, 0.25) is 0 Å². The van der Waals surface area contributed by atoms with Gasteiger partial charge in [-0.3, -0.25) is 18.8 Å². The molecule has 1 aliphatic heterocycles. The monoisotopic (exact) mass is 359 g/mol. The van der Waals surface area contributed by atoms with Crippen molar-refractivity contribution >= 4 is 38.9 Å². The number of carbonyl (C=O) groups is 2. The Bertz CT molecular complexity index is 956. The predicted octanol–water partition coefficient (Wildman–Crippen LogP) is 1.68. The first kappa shape index (κ1) is 17.0. The van der Waals surface area contributed by atoms with Crippen molar-refractivity contribution in [3.63, 3.8) is 0 Å². The lowest BCUT2D eigenvalue weighted by atomic mass is 10.1. The summed E-state index contributed by atoms with van der Waals surface area (Å²) in [5, 5.41) is 2.72. The third-order valence-corrected chi connectivity index (χ3v) is 5.18. The van der Waals surface area contributed by atoms with E-state index in [0.29, 0.717) is 11.4 Å². The largest absolute Gasteiger partial charge is 0.323 e. The van der Waals surface area contributed by atoms with Gasteiger partial charge in [-0.2, -0.15) is 0 Å². The van der Waals surface area contributed by atoms with Crippen molar-refractivity contribution in [1.29, 1.82) is 0 Å². The number of sulfonamides is 1. The van der Waals surface area contributed by atoms with Crippen molar-refractivity contribution in [2.24, 2.45) is 0 Å². The van der Waals surface area contributed by atoms with Crippen molar-refractivity contribution in [3.05, 3.63) is 54.1 Å². The van der Waals surface area contributed by atoms with E-state index in [1.165, 1.54) is 11.9 Å². The summed E-state index contributed by atoms with van der Waals surface area (Å²) in [7, 11) is -2.14. The fourth-order valence-electron chi connectivity index (χ4n) is 2.67. The second-order valence-corrected chi connectivity index (χ2v) is 7.72. The van der Waals surface area contributed by atoms with Crippen LogP contribution in [0.4, 0.5) is 17.1 Å². The highest BCUT2D eigenvalue weighted by Crippen LogP contribution is 2.32. The van der Waals surface area contributed by atoms with Crippen LogP contribution < -0.4 is 14.5 Å². The van der Waals surface area contributed by atoms with E-state index in [-0.39, 0.29) is 23.7 Å². The minimum atomic E-state index is -3.53. The molecule has 0 bridgehead atoms. The predicted molar refractivity (Wildman–Crippen MR) is 96.4 cm³/mol. The molecule has 7 nitrogen and oxygen atoms in total. The maximum Gasteiger partial charge on any atom is 0.260 e. The van der Waals surface area contributed by atoms with Crippen LogP contribution in [0.5, 0.6) is 0 Å². The fraction of sp³-hybridized carbons (Fsp3) is 0.176. The van der Waals surface area contributed by atoms with E-state index < -0.39 is 15.9 Å². The number of anilines is 3. The SMILES string of the molecule is CN(c1ccccc1C(=O)N1CC(=O)Nc2ccccc21)S(C)(=O)=O. The van der Waals surface area contributed by atoms with Crippen LogP contribution in [-0.4, -0.2) is 40.1 Å². The molecule has 0 aliphatic carbocycles. The van der Waals surface area contributed by atoms with Crippen molar-refractivity contribution < 1.29 is 18.0 Å². The van der Waals surface area contributed by atoms with Gasteiger partial charge in [-0.25, -0.2) is 8.42 Å². The first-order valence-electron chi connectivity index (χ1n) is 7.52. The summed E-state index contributed by atoms with van der Waals surface area (Å²) in [5.74, 6) is -0.741. The number of nitrogens with zero attached hydrogens (tertiary/aromatic N) is 2. The number of carbonyl (C=O) groups excluding carboxylic acids is 2. The zero-order valence-electron chi connectivity index (χ0n) is 13.8. The number of rotatable bonds is 3. The van der Waals surface area contributed by atoms with Gasteiger partial charge in [0.25, 0.3) is 5.91 Å². The zero-order valence-corrected chi connectivity index (χ0v) is 14.6. The average molecular weight is 359 g/mol. The number of fused-ring (bicyclic) bond motifs is 1. The molecule has 0 aromatic heterocycles. The Morgan fingerprint density at radius 2 is 1.76 bits per heavy atom. The highest BCUT2D eigenvalue weighted by Gasteiger charge is 2.30. The number of para-hydroxylation sites is 3. The molecule has 2 aromatic carbocycles. The highest BCUT2D eigenvalue weighted by molar-refractivity contribution is 7.92. The maximum absolute atomic E-state index is 13.1. The van der Waals surface area contributed by atoms with Crippen LogP contribution in [0.15, 0.2) is 48.5 Å². The summed E-state index contributed by atoms with van der Waals surface area (Å²) in [4.78, 5) is 26.4. The lowest BCUT2D eigenvalue weighted by molar-refractivity contribution is -0.115. The van der Waals surface area contributed by atoms with Crippen molar-refractivity contribution in [2.75, 3.05) is 34.4 Å².